The minimum Gasteiger partial charge on any atom is -0.466 e. The zero-order valence-electron chi connectivity index (χ0n) is 29.8. The van der Waals surface area contributed by atoms with Crippen LogP contribution < -0.4 is 14.2 Å². The first-order valence-electron chi connectivity index (χ1n) is 16.3. The van der Waals surface area contributed by atoms with E-state index >= 15 is 0 Å². The van der Waals surface area contributed by atoms with Crippen LogP contribution in [0.5, 0.6) is 0 Å². The van der Waals surface area contributed by atoms with Gasteiger partial charge in [-0.15, -0.1) is 0 Å². The van der Waals surface area contributed by atoms with Gasteiger partial charge in [-0.1, -0.05) is 31.7 Å². The highest BCUT2D eigenvalue weighted by molar-refractivity contribution is 7.90. The molecule has 0 aliphatic heterocycles. The van der Waals surface area contributed by atoms with Gasteiger partial charge in [0.05, 0.1) is 7.11 Å². The van der Waals surface area contributed by atoms with Crippen LogP contribution in [-0.4, -0.2) is 87.1 Å². The second-order valence-electron chi connectivity index (χ2n) is 13.1. The number of alkyl halides is 9. The molecule has 3 saturated carbocycles. The van der Waals surface area contributed by atoms with Gasteiger partial charge < -0.3 is 9.47 Å². The molecule has 3 fully saturated rings. The van der Waals surface area contributed by atoms with E-state index in [1.165, 1.54) is 18.8 Å². The fourth-order valence-electron chi connectivity index (χ4n) is 6.05. The standard InChI is InChI=1S/C9H14F3NO2S.C9H12F3NO2S.C7H10F3NO4S.C5H8O2/c2*10-9(11,12)16(14,15)13-5-8-4-6-1-2-7(8)3-6;1-5(2)6(12)15-4-3-11-16(13,14)7(8,9)10;1-4(2)5(6)7-3/h6-8,13H,1-5H2;1-2,6-8,13H,3-5H2;11H,1,3-4H2,2H3;1H2,2-3H3. The van der Waals surface area contributed by atoms with Gasteiger partial charge in [0, 0.05) is 30.8 Å². The molecule has 6 unspecified atom stereocenters. The Morgan fingerprint density at radius 1 is 0.673 bits per heavy atom. The van der Waals surface area contributed by atoms with Crippen molar-refractivity contribution >= 4 is 42.0 Å². The highest BCUT2D eigenvalue weighted by atomic mass is 32.2. The van der Waals surface area contributed by atoms with Crippen LogP contribution in [0.2, 0.25) is 0 Å². The number of hydrogen-bond acceptors (Lipinski definition) is 10. The van der Waals surface area contributed by atoms with Gasteiger partial charge in [-0.05, 0) is 81.5 Å². The zero-order valence-corrected chi connectivity index (χ0v) is 32.3. The van der Waals surface area contributed by atoms with Gasteiger partial charge >= 0.3 is 58.5 Å². The molecule has 0 heterocycles. The highest BCUT2D eigenvalue weighted by Crippen LogP contribution is 2.48. The van der Waals surface area contributed by atoms with Gasteiger partial charge in [-0.25, -0.2) is 49.0 Å². The molecule has 4 aliphatic carbocycles. The van der Waals surface area contributed by atoms with Crippen molar-refractivity contribution in [3.63, 3.8) is 0 Å². The first kappa shape index (κ1) is 50.3. The van der Waals surface area contributed by atoms with E-state index in [1.807, 2.05) is 6.08 Å². The van der Waals surface area contributed by atoms with E-state index in [0.29, 0.717) is 23.3 Å². The van der Waals surface area contributed by atoms with Crippen LogP contribution in [0.4, 0.5) is 39.5 Å². The Labute approximate surface area is 313 Å². The summed E-state index contributed by atoms with van der Waals surface area (Å²) in [6.45, 7) is 8.20. The normalized spacial score (nSPS) is 24.4. The molecular formula is C30H44F9N3O10S3. The van der Waals surface area contributed by atoms with Crippen LogP contribution in [0, 0.1) is 35.5 Å². The van der Waals surface area contributed by atoms with Crippen LogP contribution in [0.3, 0.4) is 0 Å². The van der Waals surface area contributed by atoms with Crippen molar-refractivity contribution in [2.24, 2.45) is 35.5 Å². The lowest BCUT2D eigenvalue weighted by atomic mass is 9.89. The number of carbonyl (C=O) groups excluding carboxylic acids is 2. The molecular weight excluding hydrogens is 830 g/mol. The molecule has 6 atom stereocenters. The fourth-order valence-corrected chi connectivity index (χ4v) is 7.76. The van der Waals surface area contributed by atoms with Crippen molar-refractivity contribution < 1.29 is 83.8 Å². The number of methoxy groups -OCH3 is 1. The third-order valence-electron chi connectivity index (χ3n) is 8.80. The molecule has 0 radical (unpaired) electrons. The average Bonchev–Trinajstić information content (AvgIpc) is 3.87. The highest BCUT2D eigenvalue weighted by Gasteiger charge is 2.48. The lowest BCUT2D eigenvalue weighted by molar-refractivity contribution is -0.138. The quantitative estimate of drug-likeness (QED) is 0.0809. The fraction of sp³-hybridized carbons (Fsp3) is 0.733. The van der Waals surface area contributed by atoms with Crippen LogP contribution >= 0.6 is 0 Å². The second-order valence-corrected chi connectivity index (χ2v) is 18.4. The Balaban J connectivity index is 0.000000380. The van der Waals surface area contributed by atoms with E-state index in [0.717, 1.165) is 38.5 Å². The van der Waals surface area contributed by atoms with Crippen LogP contribution in [0.25, 0.3) is 0 Å². The summed E-state index contributed by atoms with van der Waals surface area (Å²) < 4.78 is 185. The Kier molecular flexibility index (Phi) is 18.4. The Bertz CT molecular complexity index is 1710. The summed E-state index contributed by atoms with van der Waals surface area (Å²) >= 11 is 0. The molecule has 4 rings (SSSR count). The van der Waals surface area contributed by atoms with E-state index in [4.69, 9.17) is 0 Å². The Hall–Kier alpha value is -2.74. The van der Waals surface area contributed by atoms with Crippen molar-refractivity contribution in [3.05, 3.63) is 36.5 Å². The summed E-state index contributed by atoms with van der Waals surface area (Å²) in [5.74, 6) is 0.631. The van der Waals surface area contributed by atoms with Crippen molar-refractivity contribution in [1.82, 2.24) is 14.2 Å². The Morgan fingerprint density at radius 3 is 1.47 bits per heavy atom. The number of esters is 2. The summed E-state index contributed by atoms with van der Waals surface area (Å²) in [5, 5.41) is 0. The number of sulfonamides is 3. The van der Waals surface area contributed by atoms with E-state index < -0.39 is 65.7 Å². The lowest BCUT2D eigenvalue weighted by Gasteiger charge is -2.22. The van der Waals surface area contributed by atoms with E-state index in [1.54, 1.807) is 16.4 Å². The minimum atomic E-state index is -5.38. The number of hydrogen-bond donors (Lipinski definition) is 3. The van der Waals surface area contributed by atoms with Crippen molar-refractivity contribution in [1.29, 1.82) is 0 Å². The first-order valence-corrected chi connectivity index (χ1v) is 20.7. The summed E-state index contributed by atoms with van der Waals surface area (Å²) in [4.78, 5) is 20.9. The Morgan fingerprint density at radius 2 is 1.15 bits per heavy atom. The zero-order chi connectivity index (χ0) is 42.8. The molecule has 0 saturated heterocycles. The molecule has 55 heavy (non-hydrogen) atoms. The molecule has 0 aromatic heterocycles. The number of carbonyl (C=O) groups is 2. The molecule has 320 valence electrons. The SMILES string of the molecule is C=C(C)C(=O)OC.C=C(C)C(=O)OCCNS(=O)(=O)C(F)(F)F.O=S(=O)(NCC1CC2C=CC1C2)C(F)(F)F.O=S(=O)(NCC1CC2CCC1C2)C(F)(F)F. The molecule has 25 heteroatoms. The summed E-state index contributed by atoms with van der Waals surface area (Å²) in [6.07, 6.45) is 9.85. The predicted molar refractivity (Wildman–Crippen MR) is 179 cm³/mol. The number of allylic oxidation sites excluding steroid dienone is 2. The second kappa shape index (κ2) is 20.1. The van der Waals surface area contributed by atoms with Crippen molar-refractivity contribution in [2.45, 2.75) is 68.9 Å². The van der Waals surface area contributed by atoms with Gasteiger partial charge in [-0.3, -0.25) is 0 Å². The number of fused-ring (bicyclic) bond motifs is 4. The maximum absolute atomic E-state index is 12.0. The molecule has 4 aliphatic rings. The van der Waals surface area contributed by atoms with Gasteiger partial charge in [0.1, 0.15) is 6.61 Å². The number of ether oxygens (including phenoxy) is 2. The topological polar surface area (TPSA) is 191 Å². The van der Waals surface area contributed by atoms with Crippen LogP contribution in [-0.2, 0) is 49.1 Å². The van der Waals surface area contributed by atoms with Gasteiger partial charge in [0.15, 0.2) is 0 Å². The van der Waals surface area contributed by atoms with Crippen molar-refractivity contribution in [3.8, 4) is 0 Å². The third kappa shape index (κ3) is 16.0. The van der Waals surface area contributed by atoms with Gasteiger partial charge in [0.2, 0.25) is 0 Å². The molecule has 0 amide bonds. The van der Waals surface area contributed by atoms with Crippen LogP contribution in [0.1, 0.15) is 52.4 Å². The largest absolute Gasteiger partial charge is 0.511 e. The molecule has 0 spiro atoms. The van der Waals surface area contributed by atoms with E-state index in [2.05, 4.69) is 28.7 Å². The molecule has 3 N–H and O–H groups in total. The van der Waals surface area contributed by atoms with Crippen LogP contribution in [0.15, 0.2) is 36.5 Å². The molecule has 13 nitrogen and oxygen atoms in total. The third-order valence-corrected chi connectivity index (χ3v) is 12.3. The molecule has 4 bridgehead atoms. The van der Waals surface area contributed by atoms with E-state index in [9.17, 15) is 74.4 Å². The molecule has 0 aromatic carbocycles. The number of rotatable bonds is 12. The van der Waals surface area contributed by atoms with Gasteiger partial charge in [-0.2, -0.15) is 39.5 Å². The van der Waals surface area contributed by atoms with Crippen molar-refractivity contribution in [2.75, 3.05) is 33.4 Å². The minimum absolute atomic E-state index is 0.00660. The van der Waals surface area contributed by atoms with E-state index in [-0.39, 0.29) is 42.4 Å². The van der Waals surface area contributed by atoms with Gasteiger partial charge in [0.25, 0.3) is 0 Å². The first-order chi connectivity index (χ1) is 24.8. The predicted octanol–water partition coefficient (Wildman–Crippen LogP) is 4.78. The summed E-state index contributed by atoms with van der Waals surface area (Å²) in [5.41, 5.74) is -15.3. The maximum Gasteiger partial charge on any atom is 0.511 e. The maximum atomic E-state index is 12.0. The number of nitrogens with one attached hydrogen (secondary N) is 3. The molecule has 0 aromatic rings. The number of halogens is 9. The summed E-state index contributed by atoms with van der Waals surface area (Å²) in [7, 11) is -14.4. The average molecular weight is 874 g/mol. The lowest BCUT2D eigenvalue weighted by Crippen LogP contribution is -2.39. The smallest absolute Gasteiger partial charge is 0.466 e. The summed E-state index contributed by atoms with van der Waals surface area (Å²) in [6, 6.07) is 0. The monoisotopic (exact) mass is 873 g/mol.